The molecule has 2 rings (SSSR count). The van der Waals surface area contributed by atoms with Crippen molar-refractivity contribution in [3.63, 3.8) is 0 Å². The Hall–Kier alpha value is -2.10. The smallest absolute Gasteiger partial charge is 0.259 e. The average molecular weight is 217 g/mol. The molecule has 0 amide bonds. The number of hydrogen-bond donors (Lipinski definition) is 1. The van der Waals surface area contributed by atoms with Crippen molar-refractivity contribution in [1.29, 1.82) is 0 Å². The zero-order valence-corrected chi connectivity index (χ0v) is 9.03. The number of fused-ring (bicyclic) bond motifs is 1. The van der Waals surface area contributed by atoms with E-state index in [1.165, 1.54) is 0 Å². The van der Waals surface area contributed by atoms with Crippen molar-refractivity contribution < 1.29 is 9.53 Å². The fourth-order valence-corrected chi connectivity index (χ4v) is 1.74. The summed E-state index contributed by atoms with van der Waals surface area (Å²) in [5.41, 5.74) is 0.515. The van der Waals surface area contributed by atoms with Gasteiger partial charge in [-0.25, -0.2) is 0 Å². The van der Waals surface area contributed by atoms with Gasteiger partial charge in [0.15, 0.2) is 6.29 Å². The summed E-state index contributed by atoms with van der Waals surface area (Å²) in [6.45, 7) is 1.80. The van der Waals surface area contributed by atoms with Crippen LogP contribution in [-0.4, -0.2) is 18.4 Å². The summed E-state index contributed by atoms with van der Waals surface area (Å²) in [5.74, 6) is 0.626. The molecule has 0 bridgehead atoms. The molecule has 0 aliphatic carbocycles. The summed E-state index contributed by atoms with van der Waals surface area (Å²) >= 11 is 0. The van der Waals surface area contributed by atoms with Gasteiger partial charge in [-0.05, 0) is 25.1 Å². The summed E-state index contributed by atoms with van der Waals surface area (Å²) < 4.78 is 5.07. The minimum Gasteiger partial charge on any atom is -0.497 e. The van der Waals surface area contributed by atoms with Crippen molar-refractivity contribution >= 4 is 17.1 Å². The summed E-state index contributed by atoms with van der Waals surface area (Å²) in [6, 6.07) is 5.32. The van der Waals surface area contributed by atoms with Crippen LogP contribution in [0.5, 0.6) is 5.75 Å². The Labute approximate surface area is 91.9 Å². The lowest BCUT2D eigenvalue weighted by molar-refractivity contribution is 0.112. The van der Waals surface area contributed by atoms with Crippen molar-refractivity contribution in [2.24, 2.45) is 0 Å². The Morgan fingerprint density at radius 2 is 2.06 bits per heavy atom. The fraction of sp³-hybridized carbons (Fsp3) is 0.167. The number of aryl methyl sites for hydroxylation is 1. The molecule has 0 saturated heterocycles. The molecule has 82 valence electrons. The number of ether oxygens (including phenoxy) is 1. The molecule has 0 fully saturated rings. The van der Waals surface area contributed by atoms with Gasteiger partial charge in [0.05, 0.1) is 12.7 Å². The molecule has 0 aliphatic heterocycles. The SMILES string of the molecule is COc1ccc2c(C)[nH]c(=O)c(C=O)c2c1. The normalized spacial score (nSPS) is 10.4. The minimum absolute atomic E-state index is 0.138. The molecule has 2 aromatic rings. The molecule has 1 aromatic heterocycles. The molecular weight excluding hydrogens is 206 g/mol. The highest BCUT2D eigenvalue weighted by molar-refractivity contribution is 5.99. The maximum atomic E-state index is 11.6. The monoisotopic (exact) mass is 217 g/mol. The maximum absolute atomic E-state index is 11.6. The molecule has 1 heterocycles. The first kappa shape index (κ1) is 10.4. The van der Waals surface area contributed by atoms with Crippen LogP contribution in [-0.2, 0) is 0 Å². The summed E-state index contributed by atoms with van der Waals surface area (Å²) in [7, 11) is 1.54. The molecule has 16 heavy (non-hydrogen) atoms. The van der Waals surface area contributed by atoms with Gasteiger partial charge in [0.1, 0.15) is 5.75 Å². The highest BCUT2D eigenvalue weighted by atomic mass is 16.5. The Kier molecular flexibility index (Phi) is 2.48. The number of methoxy groups -OCH3 is 1. The highest BCUT2D eigenvalue weighted by Gasteiger charge is 2.08. The largest absolute Gasteiger partial charge is 0.497 e. The molecule has 0 radical (unpaired) electrons. The number of aldehydes is 1. The van der Waals surface area contributed by atoms with Crippen molar-refractivity contribution in [2.45, 2.75) is 6.92 Å². The molecular formula is C12H11NO3. The van der Waals surface area contributed by atoms with E-state index in [0.717, 1.165) is 11.1 Å². The number of aromatic amines is 1. The zero-order valence-electron chi connectivity index (χ0n) is 9.03. The topological polar surface area (TPSA) is 59.2 Å². The third kappa shape index (κ3) is 1.48. The van der Waals surface area contributed by atoms with Crippen LogP contribution in [0.15, 0.2) is 23.0 Å². The van der Waals surface area contributed by atoms with Gasteiger partial charge >= 0.3 is 0 Å². The van der Waals surface area contributed by atoms with Crippen LogP contribution >= 0.6 is 0 Å². The molecule has 0 spiro atoms. The number of H-pyrrole nitrogens is 1. The number of rotatable bonds is 2. The number of benzene rings is 1. The van der Waals surface area contributed by atoms with Gasteiger partial charge in [-0.2, -0.15) is 0 Å². The van der Waals surface area contributed by atoms with E-state index < -0.39 is 0 Å². The van der Waals surface area contributed by atoms with Gasteiger partial charge in [0.2, 0.25) is 0 Å². The van der Waals surface area contributed by atoms with E-state index in [-0.39, 0.29) is 11.1 Å². The van der Waals surface area contributed by atoms with E-state index in [2.05, 4.69) is 4.98 Å². The predicted octanol–water partition coefficient (Wildman–Crippen LogP) is 1.66. The molecule has 4 nitrogen and oxygen atoms in total. The third-order valence-corrected chi connectivity index (χ3v) is 2.58. The lowest BCUT2D eigenvalue weighted by atomic mass is 10.1. The molecule has 0 atom stereocenters. The number of pyridine rings is 1. The van der Waals surface area contributed by atoms with Crippen LogP contribution < -0.4 is 10.3 Å². The second-order valence-corrected chi connectivity index (χ2v) is 3.52. The first-order chi connectivity index (χ1) is 7.67. The third-order valence-electron chi connectivity index (χ3n) is 2.58. The number of aromatic nitrogens is 1. The van der Waals surface area contributed by atoms with Gasteiger partial charge in [-0.3, -0.25) is 9.59 Å². The van der Waals surface area contributed by atoms with Gasteiger partial charge in [-0.15, -0.1) is 0 Å². The maximum Gasteiger partial charge on any atom is 0.259 e. The van der Waals surface area contributed by atoms with Crippen LogP contribution in [0.4, 0.5) is 0 Å². The van der Waals surface area contributed by atoms with Crippen LogP contribution in [0.3, 0.4) is 0 Å². The van der Waals surface area contributed by atoms with E-state index in [0.29, 0.717) is 17.4 Å². The zero-order chi connectivity index (χ0) is 11.7. The Morgan fingerprint density at radius 3 is 2.69 bits per heavy atom. The van der Waals surface area contributed by atoms with Crippen molar-refractivity contribution in [3.8, 4) is 5.75 Å². The molecule has 1 aromatic carbocycles. The van der Waals surface area contributed by atoms with Gasteiger partial charge < -0.3 is 9.72 Å². The Bertz CT molecular complexity index is 613. The van der Waals surface area contributed by atoms with Crippen LogP contribution in [0.2, 0.25) is 0 Å². The van der Waals surface area contributed by atoms with E-state index in [1.807, 2.05) is 6.07 Å². The second-order valence-electron chi connectivity index (χ2n) is 3.52. The van der Waals surface area contributed by atoms with E-state index in [1.54, 1.807) is 26.2 Å². The summed E-state index contributed by atoms with van der Waals surface area (Å²) in [6.07, 6.45) is 0.569. The standard InChI is InChI=1S/C12H11NO3/c1-7-9-4-3-8(16-2)5-10(9)11(6-14)12(15)13-7/h3-6H,1-2H3,(H,13,15). The lowest BCUT2D eigenvalue weighted by Crippen LogP contribution is -2.13. The Morgan fingerprint density at radius 1 is 1.31 bits per heavy atom. The van der Waals surface area contributed by atoms with Crippen molar-refractivity contribution in [3.05, 3.63) is 39.8 Å². The Balaban J connectivity index is 2.95. The van der Waals surface area contributed by atoms with E-state index in [4.69, 9.17) is 4.74 Å². The van der Waals surface area contributed by atoms with Crippen molar-refractivity contribution in [2.75, 3.05) is 7.11 Å². The van der Waals surface area contributed by atoms with Gasteiger partial charge in [-0.1, -0.05) is 0 Å². The fourth-order valence-electron chi connectivity index (χ4n) is 1.74. The van der Waals surface area contributed by atoms with E-state index >= 15 is 0 Å². The van der Waals surface area contributed by atoms with Crippen LogP contribution in [0, 0.1) is 6.92 Å². The lowest BCUT2D eigenvalue weighted by Gasteiger charge is -2.06. The second kappa shape index (κ2) is 3.81. The first-order valence-electron chi connectivity index (χ1n) is 4.83. The molecule has 0 unspecified atom stereocenters. The van der Waals surface area contributed by atoms with Gasteiger partial charge in [0.25, 0.3) is 5.56 Å². The number of carbonyl (C=O) groups excluding carboxylic acids is 1. The molecule has 4 heteroatoms. The molecule has 0 saturated carbocycles. The molecule has 1 N–H and O–H groups in total. The quantitative estimate of drug-likeness (QED) is 0.778. The number of nitrogens with one attached hydrogen (secondary N) is 1. The average Bonchev–Trinajstić information content (AvgIpc) is 2.28. The van der Waals surface area contributed by atoms with Crippen LogP contribution in [0.1, 0.15) is 16.1 Å². The number of hydrogen-bond acceptors (Lipinski definition) is 3. The first-order valence-corrected chi connectivity index (χ1v) is 4.83. The number of carbonyl (C=O) groups is 1. The predicted molar refractivity (Wildman–Crippen MR) is 61.2 cm³/mol. The van der Waals surface area contributed by atoms with Gasteiger partial charge in [0, 0.05) is 16.5 Å². The highest BCUT2D eigenvalue weighted by Crippen LogP contribution is 2.22. The summed E-state index contributed by atoms with van der Waals surface area (Å²) in [4.78, 5) is 25.1. The van der Waals surface area contributed by atoms with E-state index in [9.17, 15) is 9.59 Å². The summed E-state index contributed by atoms with van der Waals surface area (Å²) in [5, 5.41) is 1.47. The van der Waals surface area contributed by atoms with Crippen molar-refractivity contribution in [1.82, 2.24) is 4.98 Å². The molecule has 0 aliphatic rings. The van der Waals surface area contributed by atoms with Crippen LogP contribution in [0.25, 0.3) is 10.8 Å². The minimum atomic E-state index is -0.367.